The van der Waals surface area contributed by atoms with Crippen molar-refractivity contribution in [3.8, 4) is 5.75 Å². The molecule has 0 saturated carbocycles. The third-order valence-electron chi connectivity index (χ3n) is 2.77. The van der Waals surface area contributed by atoms with Crippen LogP contribution in [-0.4, -0.2) is 37.6 Å². The molecule has 0 spiro atoms. The van der Waals surface area contributed by atoms with Crippen molar-refractivity contribution in [2.45, 2.75) is 32.9 Å². The van der Waals surface area contributed by atoms with Gasteiger partial charge in [-0.2, -0.15) is 0 Å². The number of aliphatic hydroxyl groups excluding tert-OH is 1. The number of carbonyl (C=O) groups is 1. The number of rotatable bonds is 3. The fourth-order valence-electron chi connectivity index (χ4n) is 1.60. The van der Waals surface area contributed by atoms with Crippen LogP contribution in [-0.2, 0) is 11.4 Å². The summed E-state index contributed by atoms with van der Waals surface area (Å²) in [4.78, 5) is 15.2. The number of carboxylic acid groups (broad SMARTS) is 1. The number of nitrogens with zero attached hydrogens (tertiary/aromatic N) is 1. The quantitative estimate of drug-likeness (QED) is 0.796. The molecule has 0 amide bonds. The molecule has 0 fully saturated rings. The number of aliphatic carboxylic acids is 1. The van der Waals surface area contributed by atoms with Gasteiger partial charge in [0.1, 0.15) is 10.8 Å². The van der Waals surface area contributed by atoms with Gasteiger partial charge in [0.05, 0.1) is 6.61 Å². The first-order valence-corrected chi connectivity index (χ1v) is 7.34. The molecule has 6 heteroatoms. The lowest BCUT2D eigenvalue weighted by Gasteiger charge is -2.11. The minimum absolute atomic E-state index is 0.0353. The molecule has 1 aromatic carbocycles. The highest BCUT2D eigenvalue weighted by Crippen LogP contribution is 2.34. The van der Waals surface area contributed by atoms with E-state index in [-0.39, 0.29) is 12.4 Å². The molecule has 0 unspecified atom stereocenters. The van der Waals surface area contributed by atoms with Gasteiger partial charge in [0, 0.05) is 11.3 Å². The number of hydrogen-bond acceptors (Lipinski definition) is 5. The summed E-state index contributed by atoms with van der Waals surface area (Å²) >= 11 is 1.29. The average Bonchev–Trinajstić information content (AvgIpc) is 2.85. The predicted octanol–water partition coefficient (Wildman–Crippen LogP) is 2.25. The number of aromatic hydroxyl groups is 1. The molecule has 110 valence electrons. The fourth-order valence-corrected chi connectivity index (χ4v) is 2.79. The molecular weight excluding hydrogens is 278 g/mol. The van der Waals surface area contributed by atoms with Crippen LogP contribution in [0.4, 0.5) is 0 Å². The van der Waals surface area contributed by atoms with E-state index in [1.807, 2.05) is 13.8 Å². The Morgan fingerprint density at radius 1 is 1.45 bits per heavy atom. The van der Waals surface area contributed by atoms with Gasteiger partial charge in [-0.25, -0.2) is 4.79 Å². The van der Waals surface area contributed by atoms with Crippen molar-refractivity contribution >= 4 is 22.8 Å². The smallest absolute Gasteiger partial charge is 0.332 e. The summed E-state index contributed by atoms with van der Waals surface area (Å²) in [7, 11) is 0. The molecule has 1 atom stereocenters. The lowest BCUT2D eigenvalue weighted by atomic mass is 10.1. The first-order valence-electron chi connectivity index (χ1n) is 6.35. The van der Waals surface area contributed by atoms with Crippen LogP contribution in [0.15, 0.2) is 23.2 Å². The second-order valence-electron chi connectivity index (χ2n) is 4.29. The molecule has 0 aromatic heterocycles. The summed E-state index contributed by atoms with van der Waals surface area (Å²) in [6.45, 7) is 5.41. The van der Waals surface area contributed by atoms with Gasteiger partial charge in [0.2, 0.25) is 0 Å². The third kappa shape index (κ3) is 3.32. The highest BCUT2D eigenvalue weighted by Gasteiger charge is 2.38. The van der Waals surface area contributed by atoms with Crippen molar-refractivity contribution in [2.75, 3.05) is 5.75 Å². The van der Waals surface area contributed by atoms with E-state index in [1.165, 1.54) is 17.8 Å². The van der Waals surface area contributed by atoms with E-state index in [0.29, 0.717) is 21.9 Å². The maximum atomic E-state index is 11.1. The Morgan fingerprint density at radius 3 is 2.60 bits per heavy atom. The first-order chi connectivity index (χ1) is 9.46. The van der Waals surface area contributed by atoms with Crippen molar-refractivity contribution in [2.24, 2.45) is 4.99 Å². The Morgan fingerprint density at radius 2 is 2.10 bits per heavy atom. The molecule has 20 heavy (non-hydrogen) atoms. The second-order valence-corrected chi connectivity index (χ2v) is 5.26. The fraction of sp³-hybridized carbons (Fsp3) is 0.429. The van der Waals surface area contributed by atoms with Crippen LogP contribution in [0, 0.1) is 0 Å². The van der Waals surface area contributed by atoms with Crippen LogP contribution >= 0.6 is 11.8 Å². The Bertz CT molecular complexity index is 530. The summed E-state index contributed by atoms with van der Waals surface area (Å²) < 4.78 is 0. The molecule has 0 aliphatic carbocycles. The van der Waals surface area contributed by atoms with Crippen molar-refractivity contribution in [3.05, 3.63) is 29.3 Å². The zero-order valence-electron chi connectivity index (χ0n) is 11.8. The number of phenols is 1. The molecule has 1 aromatic rings. The highest BCUT2D eigenvalue weighted by atomic mass is 32.2. The lowest BCUT2D eigenvalue weighted by Crippen LogP contribution is -2.33. The topological polar surface area (TPSA) is 90.1 Å². The molecule has 1 aliphatic heterocycles. The molecule has 0 bridgehead atoms. The van der Waals surface area contributed by atoms with Gasteiger partial charge in [-0.3, -0.25) is 4.99 Å². The van der Waals surface area contributed by atoms with E-state index in [4.69, 9.17) is 10.2 Å². The maximum absolute atomic E-state index is 11.1. The van der Waals surface area contributed by atoms with Crippen molar-refractivity contribution in [3.63, 3.8) is 0 Å². The van der Waals surface area contributed by atoms with E-state index in [1.54, 1.807) is 19.1 Å². The first kappa shape index (κ1) is 16.5. The minimum atomic E-state index is -1.15. The van der Waals surface area contributed by atoms with Crippen LogP contribution in [0.1, 0.15) is 31.9 Å². The zero-order chi connectivity index (χ0) is 15.3. The van der Waals surface area contributed by atoms with E-state index >= 15 is 0 Å². The van der Waals surface area contributed by atoms with Gasteiger partial charge < -0.3 is 15.3 Å². The molecule has 5 nitrogen and oxygen atoms in total. The molecular formula is C14H19NO4S. The molecule has 3 N–H and O–H groups in total. The average molecular weight is 297 g/mol. The Labute approximate surface area is 122 Å². The van der Waals surface area contributed by atoms with Gasteiger partial charge in [-0.15, -0.1) is 11.8 Å². The monoisotopic (exact) mass is 297 g/mol. The van der Waals surface area contributed by atoms with Crippen molar-refractivity contribution in [1.29, 1.82) is 0 Å². The van der Waals surface area contributed by atoms with Crippen molar-refractivity contribution < 1.29 is 20.1 Å². The number of aliphatic imine (C=N–C) groups is 1. The van der Waals surface area contributed by atoms with Crippen LogP contribution in [0.25, 0.3) is 0 Å². The van der Waals surface area contributed by atoms with Crippen molar-refractivity contribution in [1.82, 2.24) is 0 Å². The number of carboxylic acids is 1. The van der Waals surface area contributed by atoms with Gasteiger partial charge >= 0.3 is 5.97 Å². The highest BCUT2D eigenvalue weighted by molar-refractivity contribution is 8.14. The molecule has 1 aliphatic rings. The van der Waals surface area contributed by atoms with Gasteiger partial charge in [-0.05, 0) is 24.6 Å². The van der Waals surface area contributed by atoms with Crippen LogP contribution in [0.2, 0.25) is 0 Å². The van der Waals surface area contributed by atoms with Crippen LogP contribution in [0.5, 0.6) is 5.75 Å². The van der Waals surface area contributed by atoms with E-state index in [0.717, 1.165) is 0 Å². The number of phenolic OH excluding ortho intramolecular Hbond substituents is 1. The molecule has 0 radical (unpaired) electrons. The Balaban J connectivity index is 0.000000956. The van der Waals surface area contributed by atoms with Gasteiger partial charge in [0.15, 0.2) is 5.54 Å². The summed E-state index contributed by atoms with van der Waals surface area (Å²) in [5.41, 5.74) is -0.0340. The lowest BCUT2D eigenvalue weighted by molar-refractivity contribution is -0.141. The van der Waals surface area contributed by atoms with E-state index in [9.17, 15) is 9.90 Å². The number of benzene rings is 1. The van der Waals surface area contributed by atoms with Gasteiger partial charge in [-0.1, -0.05) is 19.9 Å². The maximum Gasteiger partial charge on any atom is 0.332 e. The normalized spacial score (nSPS) is 20.9. The number of thioether (sulfide) groups is 1. The van der Waals surface area contributed by atoms with E-state index in [2.05, 4.69) is 4.99 Å². The number of hydrogen-bond donors (Lipinski definition) is 3. The Hall–Kier alpha value is -1.53. The number of aliphatic hydroxyl groups is 1. The van der Waals surface area contributed by atoms with Gasteiger partial charge in [0.25, 0.3) is 0 Å². The van der Waals surface area contributed by atoms with E-state index < -0.39 is 11.5 Å². The predicted molar refractivity (Wildman–Crippen MR) is 80.4 cm³/mol. The zero-order valence-corrected chi connectivity index (χ0v) is 12.6. The summed E-state index contributed by atoms with van der Waals surface area (Å²) in [5, 5.41) is 28.4. The Kier molecular flexibility index (Phi) is 5.59. The standard InChI is InChI=1S/C12H13NO4S.C2H6/c1-12(11(16)17)6-18-10(13-12)8-4-7(5-14)2-3-9(8)15;1-2/h2-4,14-15H,5-6H2,1H3,(H,16,17);1-2H3/t12-;/m1./s1. The third-order valence-corrected chi connectivity index (χ3v) is 4.06. The SMILES string of the molecule is CC.C[C@]1(C(=O)O)CSC(c2cc(CO)ccc2O)=N1. The summed E-state index contributed by atoms with van der Waals surface area (Å²) in [5.74, 6) is -0.614. The van der Waals surface area contributed by atoms with Crippen LogP contribution < -0.4 is 0 Å². The molecule has 1 heterocycles. The molecule has 2 rings (SSSR count). The second kappa shape index (κ2) is 6.76. The molecule has 0 saturated heterocycles. The largest absolute Gasteiger partial charge is 0.507 e. The summed E-state index contributed by atoms with van der Waals surface area (Å²) in [6, 6.07) is 4.70. The minimum Gasteiger partial charge on any atom is -0.507 e. The van der Waals surface area contributed by atoms with Crippen LogP contribution in [0.3, 0.4) is 0 Å². The summed E-state index contributed by atoms with van der Waals surface area (Å²) in [6.07, 6.45) is 0.